The number of carbonyl (C=O) groups is 2. The zero-order valence-electron chi connectivity index (χ0n) is 4.43. The highest BCUT2D eigenvalue weighted by Crippen LogP contribution is 1.81. The number of aliphatic carboxylic acids is 2. The molecule has 4 nitrogen and oxygen atoms in total. The number of carbonyl (C=O) groups excluding carboxylic acids is 2. The lowest BCUT2D eigenvalue weighted by molar-refractivity contribution is -0.315. The van der Waals surface area contributed by atoms with Gasteiger partial charge < -0.3 is 32.2 Å². The van der Waals surface area contributed by atoms with Gasteiger partial charge in [0.25, 0.3) is 0 Å². The van der Waals surface area contributed by atoms with E-state index in [1.807, 2.05) is 0 Å². The number of rotatable bonds is 3. The lowest BCUT2D eigenvalue weighted by Gasteiger charge is -2.00. The molecule has 0 N–H and O–H groups in total. The van der Waals surface area contributed by atoms with Crippen LogP contribution in [0.4, 0.5) is 0 Å². The van der Waals surface area contributed by atoms with Crippen molar-refractivity contribution in [1.29, 1.82) is 0 Å². The summed E-state index contributed by atoms with van der Waals surface area (Å²) in [6.07, 6.45) is -0.940. The van der Waals surface area contributed by atoms with E-state index in [1.165, 1.54) is 0 Å². The molecule has 0 aliphatic heterocycles. The van der Waals surface area contributed by atoms with Crippen LogP contribution in [0.2, 0.25) is 0 Å². The van der Waals surface area contributed by atoms with Gasteiger partial charge in [0.1, 0.15) is 0 Å². The number of halogens is 1. The Balaban J connectivity index is 0. The molecule has 0 amide bonds. The van der Waals surface area contributed by atoms with E-state index in [2.05, 4.69) is 0 Å². The Kier molecular flexibility index (Phi) is 6.61. The number of hydrogen-bond donors (Lipinski definition) is 0. The van der Waals surface area contributed by atoms with Gasteiger partial charge in [-0.05, 0) is 12.8 Å². The average molecular weight is 152 g/mol. The molecular weight excluding hydrogens is 147 g/mol. The van der Waals surface area contributed by atoms with E-state index in [0.717, 1.165) is 0 Å². The summed E-state index contributed by atoms with van der Waals surface area (Å²) < 4.78 is 0. The molecule has 0 unspecified atom stereocenters. The summed E-state index contributed by atoms with van der Waals surface area (Å²) in [4.78, 5) is 19.0. The minimum atomic E-state index is -1.37. The molecule has 0 aliphatic carbocycles. The van der Waals surface area contributed by atoms with E-state index in [4.69, 9.17) is 0 Å². The Labute approximate surface area is 57.9 Å². The van der Waals surface area contributed by atoms with Gasteiger partial charge in [-0.1, -0.05) is 0 Å². The molecule has 0 aromatic heterocycles. The van der Waals surface area contributed by atoms with Crippen LogP contribution in [-0.2, 0) is 9.59 Å². The van der Waals surface area contributed by atoms with Crippen LogP contribution in [0.25, 0.3) is 0 Å². The van der Waals surface area contributed by atoms with E-state index in [0.29, 0.717) is 0 Å². The van der Waals surface area contributed by atoms with Crippen molar-refractivity contribution in [2.24, 2.45) is 0 Å². The normalized spacial score (nSPS) is 7.56. The molecule has 0 spiro atoms. The summed E-state index contributed by atoms with van der Waals surface area (Å²) in [6, 6.07) is 0. The van der Waals surface area contributed by atoms with Crippen molar-refractivity contribution in [3.8, 4) is 0 Å². The van der Waals surface area contributed by atoms with Crippen molar-refractivity contribution in [1.82, 2.24) is 0 Å². The molecule has 0 atom stereocenters. The minimum absolute atomic E-state index is 0. The molecule has 0 radical (unpaired) electrons. The summed E-state index contributed by atoms with van der Waals surface area (Å²) in [6.45, 7) is 0. The maximum absolute atomic E-state index is 9.50. The molecule has 54 valence electrons. The van der Waals surface area contributed by atoms with E-state index in [9.17, 15) is 19.8 Å². The molecule has 0 heterocycles. The van der Waals surface area contributed by atoms with E-state index in [-0.39, 0.29) is 12.4 Å². The molecule has 9 heavy (non-hydrogen) atoms. The standard InChI is InChI=1S/C4H6O4.ClH/c5-3(6)1-2-4(7)8;/h1-2H2,(H,5,6)(H,7,8);1H/p-3. The second kappa shape index (κ2) is 5.37. The van der Waals surface area contributed by atoms with Crippen molar-refractivity contribution in [3.63, 3.8) is 0 Å². The molecule has 0 saturated carbocycles. The van der Waals surface area contributed by atoms with Gasteiger partial charge in [-0.15, -0.1) is 0 Å². The quantitative estimate of drug-likeness (QED) is 0.403. The molecule has 0 bridgehead atoms. The maximum Gasteiger partial charge on any atom is 0.0418 e. The molecule has 0 saturated heterocycles. The third kappa shape index (κ3) is 11.1. The van der Waals surface area contributed by atoms with Crippen molar-refractivity contribution < 1.29 is 32.2 Å². The van der Waals surface area contributed by atoms with Gasteiger partial charge in [-0.3, -0.25) is 0 Å². The lowest BCUT2D eigenvalue weighted by atomic mass is 10.3. The van der Waals surface area contributed by atoms with Crippen molar-refractivity contribution in [3.05, 3.63) is 0 Å². The average Bonchev–Trinajstić information content (AvgIpc) is 1.61. The second-order valence-electron chi connectivity index (χ2n) is 1.24. The van der Waals surface area contributed by atoms with Crippen LogP contribution in [0, 0.1) is 0 Å². The first-order valence-electron chi connectivity index (χ1n) is 2.02. The highest BCUT2D eigenvalue weighted by molar-refractivity contribution is 5.72. The highest BCUT2D eigenvalue weighted by atomic mass is 35.5. The summed E-state index contributed by atoms with van der Waals surface area (Å²) in [5.74, 6) is -2.73. The number of carboxylic acid groups (broad SMARTS) is 2. The Hall–Kier alpha value is -0.770. The van der Waals surface area contributed by atoms with Crippen LogP contribution >= 0.6 is 0 Å². The van der Waals surface area contributed by atoms with Gasteiger partial charge in [-0.2, -0.15) is 0 Å². The van der Waals surface area contributed by atoms with Gasteiger partial charge in [0.05, 0.1) is 0 Å². The first-order chi connectivity index (χ1) is 3.63. The fourth-order valence-corrected chi connectivity index (χ4v) is 0.204. The van der Waals surface area contributed by atoms with Crippen molar-refractivity contribution >= 4 is 11.9 Å². The molecule has 0 aromatic carbocycles. The van der Waals surface area contributed by atoms with Gasteiger partial charge in [-0.25, -0.2) is 0 Å². The maximum atomic E-state index is 9.50. The summed E-state index contributed by atoms with van der Waals surface area (Å²) in [7, 11) is 0. The molecule has 0 aliphatic rings. The van der Waals surface area contributed by atoms with Crippen LogP contribution in [0.3, 0.4) is 0 Å². The molecular formula is C4H4ClO4-3. The highest BCUT2D eigenvalue weighted by Gasteiger charge is 1.85. The SMILES string of the molecule is O=C([O-])CCC(=O)[O-].[Cl-]. The van der Waals surface area contributed by atoms with Crippen molar-refractivity contribution in [2.45, 2.75) is 12.8 Å². The molecule has 0 aromatic rings. The van der Waals surface area contributed by atoms with Crippen LogP contribution in [0.1, 0.15) is 12.8 Å². The van der Waals surface area contributed by atoms with Crippen LogP contribution < -0.4 is 22.6 Å². The van der Waals surface area contributed by atoms with Crippen LogP contribution in [0.5, 0.6) is 0 Å². The van der Waals surface area contributed by atoms with E-state index >= 15 is 0 Å². The lowest BCUT2D eigenvalue weighted by Crippen LogP contribution is -3.00. The van der Waals surface area contributed by atoms with Gasteiger partial charge in [0.15, 0.2) is 0 Å². The zero-order chi connectivity index (χ0) is 6.57. The third-order valence-corrected chi connectivity index (χ3v) is 0.533. The summed E-state index contributed by atoms with van der Waals surface area (Å²) in [5.41, 5.74) is 0. The Morgan fingerprint density at radius 3 is 1.33 bits per heavy atom. The number of hydrogen-bond acceptors (Lipinski definition) is 4. The van der Waals surface area contributed by atoms with Crippen LogP contribution in [0.15, 0.2) is 0 Å². The Bertz CT molecular complexity index is 97.1. The predicted molar refractivity (Wildman–Crippen MR) is 19.2 cm³/mol. The molecule has 5 heteroatoms. The predicted octanol–water partition coefficient (Wildman–Crippen LogP) is -5.73. The fourth-order valence-electron chi connectivity index (χ4n) is 0.204. The fraction of sp³-hybridized carbons (Fsp3) is 0.500. The summed E-state index contributed by atoms with van der Waals surface area (Å²) in [5, 5.41) is 19.0. The molecule has 0 fully saturated rings. The molecule has 0 rings (SSSR count). The Morgan fingerprint density at radius 1 is 1.00 bits per heavy atom. The van der Waals surface area contributed by atoms with E-state index < -0.39 is 24.8 Å². The summed E-state index contributed by atoms with van der Waals surface area (Å²) >= 11 is 0. The monoisotopic (exact) mass is 151 g/mol. The van der Waals surface area contributed by atoms with Gasteiger partial charge in [0, 0.05) is 11.9 Å². The van der Waals surface area contributed by atoms with E-state index in [1.54, 1.807) is 0 Å². The first kappa shape index (κ1) is 11.1. The number of carboxylic acids is 2. The second-order valence-corrected chi connectivity index (χ2v) is 1.24. The topological polar surface area (TPSA) is 80.3 Å². The van der Waals surface area contributed by atoms with Crippen LogP contribution in [-0.4, -0.2) is 11.9 Å². The van der Waals surface area contributed by atoms with Gasteiger partial charge >= 0.3 is 0 Å². The zero-order valence-corrected chi connectivity index (χ0v) is 5.18. The van der Waals surface area contributed by atoms with Crippen molar-refractivity contribution in [2.75, 3.05) is 0 Å². The Morgan fingerprint density at radius 2 is 1.22 bits per heavy atom. The van der Waals surface area contributed by atoms with Gasteiger partial charge in [0.2, 0.25) is 0 Å². The first-order valence-corrected chi connectivity index (χ1v) is 2.02. The smallest absolute Gasteiger partial charge is 0.0418 e. The minimum Gasteiger partial charge on any atom is -1.00 e. The largest absolute Gasteiger partial charge is 1.00 e. The third-order valence-electron chi connectivity index (χ3n) is 0.533.